The van der Waals surface area contributed by atoms with Crippen LogP contribution in [0, 0.1) is 65.5 Å². The van der Waals surface area contributed by atoms with Crippen LogP contribution in [0.2, 0.25) is 0 Å². The first kappa shape index (κ1) is 60.8. The Morgan fingerprint density at radius 3 is 1.78 bits per heavy atom. The third-order valence-corrected chi connectivity index (χ3v) is 9.80. The van der Waals surface area contributed by atoms with Crippen molar-refractivity contribution >= 4 is 11.6 Å². The second-order valence-corrected chi connectivity index (χ2v) is 18.9. The van der Waals surface area contributed by atoms with Crippen LogP contribution < -0.4 is 0 Å². The molecule has 0 aliphatic rings. The Bertz CT molecular complexity index is 2570. The summed E-state index contributed by atoms with van der Waals surface area (Å²) in [5.41, 5.74) is 16.1. The van der Waals surface area contributed by atoms with Crippen molar-refractivity contribution in [3.63, 3.8) is 0 Å². The van der Waals surface area contributed by atoms with Gasteiger partial charge in [0.15, 0.2) is 11.6 Å². The zero-order valence-electron chi connectivity index (χ0n) is 42.6. The van der Waals surface area contributed by atoms with Crippen LogP contribution in [-0.2, 0) is 55.2 Å². The minimum atomic E-state index is -0.125. The van der Waals surface area contributed by atoms with E-state index in [4.69, 9.17) is 15.1 Å². The van der Waals surface area contributed by atoms with Gasteiger partial charge in [-0.1, -0.05) is 116 Å². The molecule has 0 fully saturated rings. The SMILES string of the molecule is CC(=O)C=C(C)O.CC(C)(C)c1cc(-c2[c-]cccc2)ncn1.CC(C)CC(=O)C=C(O)CC(C)C.Cc1[c-]c(-c2ncc(-c3c(C)cccc3C)nc2-c2cc(C)cc(C)c2)cc(C)c1.[Ir].[Ir]. The minimum absolute atomic E-state index is 0. The zero-order chi connectivity index (χ0) is 49.3. The van der Waals surface area contributed by atoms with Gasteiger partial charge in [0.05, 0.1) is 22.9 Å². The van der Waals surface area contributed by atoms with E-state index in [1.165, 1.54) is 53.8 Å². The molecule has 2 N–H and O–H groups in total. The maximum Gasteiger partial charge on any atom is 0.159 e. The van der Waals surface area contributed by atoms with Gasteiger partial charge in [0.2, 0.25) is 0 Å². The molecule has 0 unspecified atom stereocenters. The number of carbonyl (C=O) groups excluding carboxylic acids is 2. The van der Waals surface area contributed by atoms with Crippen molar-refractivity contribution in [2.24, 2.45) is 11.8 Å². The molecule has 6 rings (SSSR count). The van der Waals surface area contributed by atoms with E-state index in [9.17, 15) is 14.7 Å². The van der Waals surface area contributed by atoms with Gasteiger partial charge in [-0.15, -0.1) is 70.8 Å². The molecule has 10 heteroatoms. The molecule has 0 saturated carbocycles. The number of nitrogens with zero attached hydrogens (tertiary/aromatic N) is 4. The Kier molecular flexibility index (Phi) is 25.9. The summed E-state index contributed by atoms with van der Waals surface area (Å²) in [6, 6.07) is 33.7. The van der Waals surface area contributed by atoms with Crippen LogP contribution in [0.3, 0.4) is 0 Å². The van der Waals surface area contributed by atoms with E-state index in [0.29, 0.717) is 24.7 Å². The molecule has 366 valence electrons. The molecule has 68 heavy (non-hydrogen) atoms. The van der Waals surface area contributed by atoms with Crippen molar-refractivity contribution in [3.05, 3.63) is 166 Å². The molecule has 0 atom stereocenters. The van der Waals surface area contributed by atoms with Crippen LogP contribution in [0.5, 0.6) is 0 Å². The Hall–Kier alpha value is -5.24. The maximum atomic E-state index is 11.2. The first-order valence-corrected chi connectivity index (χ1v) is 22.6. The van der Waals surface area contributed by atoms with Gasteiger partial charge in [0.1, 0.15) is 6.33 Å². The molecule has 0 aliphatic carbocycles. The minimum Gasteiger partial charge on any atom is -0.512 e. The second kappa shape index (κ2) is 28.9. The van der Waals surface area contributed by atoms with Crippen molar-refractivity contribution in [1.82, 2.24) is 19.9 Å². The van der Waals surface area contributed by atoms with Gasteiger partial charge in [0, 0.05) is 93.8 Å². The molecule has 0 amide bonds. The van der Waals surface area contributed by atoms with Crippen LogP contribution in [0.25, 0.3) is 45.0 Å². The predicted octanol–water partition coefficient (Wildman–Crippen LogP) is 14.5. The Morgan fingerprint density at radius 1 is 0.676 bits per heavy atom. The summed E-state index contributed by atoms with van der Waals surface area (Å²) in [4.78, 5) is 39.9. The van der Waals surface area contributed by atoms with Crippen molar-refractivity contribution in [3.8, 4) is 45.0 Å². The third-order valence-electron chi connectivity index (χ3n) is 9.80. The summed E-state index contributed by atoms with van der Waals surface area (Å²) >= 11 is 0. The number of aryl methyl sites for hydroxylation is 6. The van der Waals surface area contributed by atoms with Gasteiger partial charge in [-0.05, 0) is 75.8 Å². The van der Waals surface area contributed by atoms with E-state index in [1.807, 2.05) is 64.2 Å². The molecule has 0 bridgehead atoms. The number of allylic oxidation sites excluding steroid dienone is 4. The number of benzene rings is 4. The molecule has 2 radical (unpaired) electrons. The van der Waals surface area contributed by atoms with Gasteiger partial charge in [-0.2, -0.15) is 0 Å². The van der Waals surface area contributed by atoms with E-state index in [-0.39, 0.29) is 68.7 Å². The average Bonchev–Trinajstić information content (AvgIpc) is 3.20. The van der Waals surface area contributed by atoms with Crippen molar-refractivity contribution < 1.29 is 60.0 Å². The molecular formula is C58H70Ir2N4O4-2. The molecule has 2 heterocycles. The topological polar surface area (TPSA) is 126 Å². The predicted molar refractivity (Wildman–Crippen MR) is 272 cm³/mol. The first-order valence-electron chi connectivity index (χ1n) is 22.6. The summed E-state index contributed by atoms with van der Waals surface area (Å²) in [5, 5.41) is 17.7. The Balaban J connectivity index is 0.000000514. The quantitative estimate of drug-likeness (QED) is 0.0789. The van der Waals surface area contributed by atoms with Crippen LogP contribution in [0.15, 0.2) is 115 Å². The molecule has 8 nitrogen and oxygen atoms in total. The van der Waals surface area contributed by atoms with Crippen molar-refractivity contribution in [2.75, 3.05) is 0 Å². The van der Waals surface area contributed by atoms with Crippen LogP contribution in [-0.4, -0.2) is 41.7 Å². The fraction of sp³-hybridized carbons (Fsp3) is 0.345. The third kappa shape index (κ3) is 21.0. The number of aliphatic hydroxyl groups excluding tert-OH is 2. The van der Waals surface area contributed by atoms with Gasteiger partial charge >= 0.3 is 0 Å². The number of ketones is 2. The Morgan fingerprint density at radius 2 is 1.28 bits per heavy atom. The van der Waals surface area contributed by atoms with E-state index in [2.05, 4.69) is 133 Å². The van der Waals surface area contributed by atoms with E-state index in [1.54, 1.807) is 6.33 Å². The fourth-order valence-electron chi connectivity index (χ4n) is 7.15. The van der Waals surface area contributed by atoms with Crippen LogP contribution in [0.4, 0.5) is 0 Å². The zero-order valence-corrected chi connectivity index (χ0v) is 47.3. The molecule has 0 saturated heterocycles. The average molecular weight is 1270 g/mol. The van der Waals surface area contributed by atoms with Gasteiger partial charge in [-0.3, -0.25) is 19.6 Å². The van der Waals surface area contributed by atoms with Gasteiger partial charge < -0.3 is 15.2 Å². The standard InChI is InChI=1S/C28H27N2.C14H15N2.C11H20O2.C5H8O2.2Ir/c1-17-10-18(2)13-23(12-17)27-28(24-14-19(3)11-20(4)15-24)30-25(16-29-27)26-21(5)8-7-9-22(26)6;1-14(2,3)13-9-12(15-10-16-13)11-7-5-4-6-8-11;1-8(2)5-10(12)7-11(13)6-9(3)4;1-4(6)3-5(2)7;;/h7-12,14-16H,1-6H3;4-7,9-10H,1-3H3;7-9,12H,5-6H2,1-4H3;3,6H,1-2H3;;/q2*-1;;;;. The summed E-state index contributed by atoms with van der Waals surface area (Å²) in [6.45, 7) is 30.0. The van der Waals surface area contributed by atoms with E-state index < -0.39 is 0 Å². The Labute approximate surface area is 434 Å². The molecule has 0 aliphatic heterocycles. The van der Waals surface area contributed by atoms with E-state index in [0.717, 1.165) is 56.3 Å². The van der Waals surface area contributed by atoms with Crippen LogP contribution in [0.1, 0.15) is 114 Å². The molecule has 4 aromatic carbocycles. The molecule has 6 aromatic rings. The monoisotopic (exact) mass is 1270 g/mol. The number of aromatic nitrogens is 4. The molecular weight excluding hydrogens is 1200 g/mol. The summed E-state index contributed by atoms with van der Waals surface area (Å²) in [5.74, 6) is 0.917. The smallest absolute Gasteiger partial charge is 0.159 e. The first-order chi connectivity index (χ1) is 30.9. The number of hydrogen-bond acceptors (Lipinski definition) is 8. The molecule has 0 spiro atoms. The van der Waals surface area contributed by atoms with Gasteiger partial charge in [0.25, 0.3) is 0 Å². The number of carbonyl (C=O) groups is 2. The number of hydrogen-bond donors (Lipinski definition) is 2. The summed E-state index contributed by atoms with van der Waals surface area (Å²) < 4.78 is 0. The summed E-state index contributed by atoms with van der Waals surface area (Å²) in [7, 11) is 0. The molecule has 2 aromatic heterocycles. The van der Waals surface area contributed by atoms with E-state index >= 15 is 0 Å². The fourth-order valence-corrected chi connectivity index (χ4v) is 7.15. The van der Waals surface area contributed by atoms with Crippen molar-refractivity contribution in [1.29, 1.82) is 0 Å². The maximum absolute atomic E-state index is 11.2. The normalized spacial score (nSPS) is 11.1. The second-order valence-electron chi connectivity index (χ2n) is 18.9. The summed E-state index contributed by atoms with van der Waals surface area (Å²) in [6.07, 6.45) is 7.16. The largest absolute Gasteiger partial charge is 0.512 e. The number of aliphatic hydroxyl groups is 2. The van der Waals surface area contributed by atoms with Crippen LogP contribution >= 0.6 is 0 Å². The number of rotatable bonds is 10. The van der Waals surface area contributed by atoms with Crippen molar-refractivity contribution in [2.45, 2.75) is 122 Å². The van der Waals surface area contributed by atoms with Gasteiger partial charge in [-0.25, -0.2) is 4.98 Å².